The Morgan fingerprint density at radius 1 is 1.40 bits per heavy atom. The van der Waals surface area contributed by atoms with Crippen molar-refractivity contribution in [2.45, 2.75) is 50.5 Å². The number of rotatable bonds is 5. The molecule has 0 aliphatic heterocycles. The molecule has 1 aromatic rings. The predicted molar refractivity (Wildman–Crippen MR) is 81.1 cm³/mol. The number of thiazole rings is 1. The molecule has 4 rings (SSSR count). The number of aryl methyl sites for hydroxylation is 2. The summed E-state index contributed by atoms with van der Waals surface area (Å²) in [6.07, 6.45) is 9.30. The molecule has 1 N–H and O–H groups in total. The van der Waals surface area contributed by atoms with Crippen LogP contribution in [0, 0.1) is 11.8 Å². The summed E-state index contributed by atoms with van der Waals surface area (Å²) in [5.41, 5.74) is 1.58. The third-order valence-corrected chi connectivity index (χ3v) is 6.91. The lowest BCUT2D eigenvalue weighted by Gasteiger charge is -2.37. The first-order valence-corrected chi connectivity index (χ1v) is 8.86. The fourth-order valence-corrected chi connectivity index (χ4v) is 6.05. The number of fused-ring (bicyclic) bond motifs is 3. The number of hydrogen-bond acceptors (Lipinski definition) is 4. The summed E-state index contributed by atoms with van der Waals surface area (Å²) >= 11 is 2.00. The van der Waals surface area contributed by atoms with Crippen molar-refractivity contribution in [3.63, 3.8) is 0 Å². The summed E-state index contributed by atoms with van der Waals surface area (Å²) in [7, 11) is 1.78. The van der Waals surface area contributed by atoms with Gasteiger partial charge in [-0.2, -0.15) is 0 Å². The van der Waals surface area contributed by atoms with E-state index in [1.807, 2.05) is 11.3 Å². The summed E-state index contributed by atoms with van der Waals surface area (Å²) in [5.74, 6) is 1.73. The molecule has 3 unspecified atom stereocenters. The number of nitrogens with zero attached hydrogens (tertiary/aromatic N) is 1. The maximum Gasteiger partial charge on any atom is 0.114 e. The largest absolute Gasteiger partial charge is 0.383 e. The summed E-state index contributed by atoms with van der Waals surface area (Å²) in [4.78, 5) is 6.62. The van der Waals surface area contributed by atoms with E-state index in [1.54, 1.807) is 12.0 Å². The Balaban J connectivity index is 1.64. The molecule has 2 bridgehead atoms. The Kier molecular flexibility index (Phi) is 3.36. The van der Waals surface area contributed by atoms with Crippen LogP contribution in [0.3, 0.4) is 0 Å². The summed E-state index contributed by atoms with van der Waals surface area (Å²) in [6, 6.07) is 0. The summed E-state index contributed by atoms with van der Waals surface area (Å²) < 4.78 is 5.24. The van der Waals surface area contributed by atoms with E-state index in [0.29, 0.717) is 0 Å². The zero-order valence-corrected chi connectivity index (χ0v) is 13.1. The first kappa shape index (κ1) is 13.2. The Hall–Kier alpha value is -0.450. The molecule has 0 saturated heterocycles. The molecule has 110 valence electrons. The minimum Gasteiger partial charge on any atom is -0.383 e. The van der Waals surface area contributed by atoms with Gasteiger partial charge in [-0.25, -0.2) is 4.98 Å². The molecule has 0 amide bonds. The molecule has 0 aromatic carbocycles. The number of aromatic nitrogens is 1. The smallest absolute Gasteiger partial charge is 0.114 e. The first-order valence-electron chi connectivity index (χ1n) is 8.05. The van der Waals surface area contributed by atoms with E-state index < -0.39 is 0 Å². The van der Waals surface area contributed by atoms with Crippen LogP contribution in [0.2, 0.25) is 0 Å². The highest BCUT2D eigenvalue weighted by Crippen LogP contribution is 2.56. The van der Waals surface area contributed by atoms with Crippen molar-refractivity contribution in [3.8, 4) is 0 Å². The van der Waals surface area contributed by atoms with Gasteiger partial charge in [0.05, 0.1) is 17.8 Å². The van der Waals surface area contributed by atoms with Gasteiger partial charge in [-0.15, -0.1) is 11.3 Å². The van der Waals surface area contributed by atoms with E-state index in [-0.39, 0.29) is 5.54 Å². The van der Waals surface area contributed by atoms with Crippen LogP contribution in [0.5, 0.6) is 0 Å². The van der Waals surface area contributed by atoms with E-state index in [9.17, 15) is 0 Å². The monoisotopic (exact) mass is 292 g/mol. The summed E-state index contributed by atoms with van der Waals surface area (Å²) in [5, 5.41) is 5.25. The zero-order chi connectivity index (χ0) is 13.6. The quantitative estimate of drug-likeness (QED) is 0.847. The van der Waals surface area contributed by atoms with Crippen LogP contribution < -0.4 is 5.32 Å². The van der Waals surface area contributed by atoms with Crippen LogP contribution in [-0.2, 0) is 23.1 Å². The predicted octanol–water partition coefficient (Wildman–Crippen LogP) is 2.88. The Labute approximate surface area is 125 Å². The third-order valence-electron chi connectivity index (χ3n) is 5.57. The van der Waals surface area contributed by atoms with Gasteiger partial charge in [0.2, 0.25) is 0 Å². The van der Waals surface area contributed by atoms with E-state index in [1.165, 1.54) is 55.6 Å². The van der Waals surface area contributed by atoms with Gasteiger partial charge in [0.15, 0.2) is 0 Å². The average Bonchev–Trinajstić information content (AvgIpc) is 3.17. The fraction of sp³-hybridized carbons (Fsp3) is 0.812. The van der Waals surface area contributed by atoms with Gasteiger partial charge < -0.3 is 10.1 Å². The lowest BCUT2D eigenvalue weighted by molar-refractivity contribution is 0.157. The van der Waals surface area contributed by atoms with Crippen LogP contribution in [0.4, 0.5) is 0 Å². The SMILES string of the molecule is COCCNC1(c2nc3c(s2)CCC3)CC2CCC1C2. The number of methoxy groups -OCH3 is 1. The van der Waals surface area contributed by atoms with Crippen LogP contribution in [-0.4, -0.2) is 25.2 Å². The van der Waals surface area contributed by atoms with E-state index in [0.717, 1.165) is 25.0 Å². The molecule has 4 heteroatoms. The minimum atomic E-state index is 0.177. The fourth-order valence-electron chi connectivity index (χ4n) is 4.64. The molecule has 1 heterocycles. The van der Waals surface area contributed by atoms with Crippen molar-refractivity contribution >= 4 is 11.3 Å². The van der Waals surface area contributed by atoms with E-state index >= 15 is 0 Å². The van der Waals surface area contributed by atoms with Crippen molar-refractivity contribution in [2.24, 2.45) is 11.8 Å². The molecule has 1 aromatic heterocycles. The van der Waals surface area contributed by atoms with Crippen molar-refractivity contribution in [1.82, 2.24) is 10.3 Å². The van der Waals surface area contributed by atoms with Crippen molar-refractivity contribution in [3.05, 3.63) is 15.6 Å². The molecule has 2 fully saturated rings. The van der Waals surface area contributed by atoms with Crippen LogP contribution >= 0.6 is 11.3 Å². The molecule has 3 nitrogen and oxygen atoms in total. The second-order valence-electron chi connectivity index (χ2n) is 6.71. The lowest BCUT2D eigenvalue weighted by Crippen LogP contribution is -2.48. The highest BCUT2D eigenvalue weighted by molar-refractivity contribution is 7.12. The topological polar surface area (TPSA) is 34.1 Å². The molecule has 3 aliphatic rings. The minimum absolute atomic E-state index is 0.177. The Morgan fingerprint density at radius 2 is 2.35 bits per heavy atom. The van der Waals surface area contributed by atoms with Crippen molar-refractivity contribution in [2.75, 3.05) is 20.3 Å². The van der Waals surface area contributed by atoms with Gasteiger partial charge in [0.1, 0.15) is 5.01 Å². The molecule has 0 spiro atoms. The van der Waals surface area contributed by atoms with Gasteiger partial charge in [0, 0.05) is 18.5 Å². The molecular weight excluding hydrogens is 268 g/mol. The molecule has 2 saturated carbocycles. The molecule has 20 heavy (non-hydrogen) atoms. The van der Waals surface area contributed by atoms with Gasteiger partial charge >= 0.3 is 0 Å². The van der Waals surface area contributed by atoms with Crippen molar-refractivity contribution in [1.29, 1.82) is 0 Å². The lowest BCUT2D eigenvalue weighted by atomic mass is 9.81. The Morgan fingerprint density at radius 3 is 3.05 bits per heavy atom. The highest BCUT2D eigenvalue weighted by atomic mass is 32.1. The van der Waals surface area contributed by atoms with Gasteiger partial charge in [-0.3, -0.25) is 0 Å². The second-order valence-corrected chi connectivity index (χ2v) is 7.80. The van der Waals surface area contributed by atoms with Gasteiger partial charge in [-0.05, 0) is 50.4 Å². The van der Waals surface area contributed by atoms with E-state index in [2.05, 4.69) is 5.32 Å². The molecule has 3 aliphatic carbocycles. The van der Waals surface area contributed by atoms with Crippen LogP contribution in [0.15, 0.2) is 0 Å². The number of ether oxygens (including phenoxy) is 1. The zero-order valence-electron chi connectivity index (χ0n) is 12.3. The maximum atomic E-state index is 5.24. The highest BCUT2D eigenvalue weighted by Gasteiger charge is 2.53. The molecular formula is C16H24N2OS. The Bertz CT molecular complexity index is 479. The first-order chi connectivity index (χ1) is 9.82. The third kappa shape index (κ3) is 1.96. The molecule has 3 atom stereocenters. The maximum absolute atomic E-state index is 5.24. The normalized spacial score (nSPS) is 34.9. The second kappa shape index (κ2) is 5.08. The van der Waals surface area contributed by atoms with Gasteiger partial charge in [-0.1, -0.05) is 6.42 Å². The number of nitrogens with one attached hydrogen (secondary N) is 1. The number of hydrogen-bond donors (Lipinski definition) is 1. The standard InChI is InChI=1S/C16H24N2OS/c1-19-8-7-17-16(10-11-5-6-12(16)9-11)15-18-13-3-2-4-14(13)20-15/h11-12,17H,2-10H2,1H3. The van der Waals surface area contributed by atoms with Gasteiger partial charge in [0.25, 0.3) is 0 Å². The van der Waals surface area contributed by atoms with Crippen LogP contribution in [0.25, 0.3) is 0 Å². The average molecular weight is 292 g/mol. The summed E-state index contributed by atoms with van der Waals surface area (Å²) in [6.45, 7) is 1.74. The van der Waals surface area contributed by atoms with E-state index in [4.69, 9.17) is 9.72 Å². The van der Waals surface area contributed by atoms with Crippen LogP contribution in [0.1, 0.15) is 47.7 Å². The van der Waals surface area contributed by atoms with Crippen molar-refractivity contribution < 1.29 is 4.74 Å². The molecule has 0 radical (unpaired) electrons.